The van der Waals surface area contributed by atoms with Gasteiger partial charge >= 0.3 is 5.69 Å². The van der Waals surface area contributed by atoms with Crippen molar-refractivity contribution in [1.29, 1.82) is 5.26 Å². The first-order chi connectivity index (χ1) is 14.2. The van der Waals surface area contributed by atoms with Crippen molar-refractivity contribution in [3.8, 4) is 22.9 Å². The number of hydrogen-bond donors (Lipinski definition) is 0. The molecule has 0 atom stereocenters. The molecule has 0 fully saturated rings. The summed E-state index contributed by atoms with van der Waals surface area (Å²) in [6.45, 7) is 0. The van der Waals surface area contributed by atoms with Crippen LogP contribution in [-0.2, 0) is 7.05 Å². The zero-order valence-corrected chi connectivity index (χ0v) is 15.4. The monoisotopic (exact) mass is 378 g/mol. The largest absolute Gasteiger partial charge is 0.333 e. The first-order valence-electron chi connectivity index (χ1n) is 8.94. The molecule has 0 aliphatic heterocycles. The second-order valence-corrected chi connectivity index (χ2v) is 6.66. The normalized spacial score (nSPS) is 11.0. The van der Waals surface area contributed by atoms with Crippen molar-refractivity contribution in [3.63, 3.8) is 0 Å². The number of nitrogens with zero attached hydrogens (tertiary/aromatic N) is 6. The molecule has 0 amide bonds. The molecule has 29 heavy (non-hydrogen) atoms. The summed E-state index contributed by atoms with van der Waals surface area (Å²) in [7, 11) is 1.72. The maximum atomic E-state index is 13.0. The van der Waals surface area contributed by atoms with Gasteiger partial charge in [-0.3, -0.25) is 19.1 Å². The molecule has 4 aromatic heterocycles. The highest BCUT2D eigenvalue weighted by atomic mass is 16.1. The second-order valence-electron chi connectivity index (χ2n) is 6.66. The molecule has 0 N–H and O–H groups in total. The summed E-state index contributed by atoms with van der Waals surface area (Å²) in [6.07, 6.45) is 6.78. The van der Waals surface area contributed by atoms with Gasteiger partial charge in [0.15, 0.2) is 0 Å². The molecule has 0 aliphatic carbocycles. The first kappa shape index (κ1) is 16.8. The molecule has 0 bridgehead atoms. The lowest BCUT2D eigenvalue weighted by Crippen LogP contribution is -2.21. The standard InChI is InChI=1S/C22H14N6O/c1-27-20-13-26-19-7-4-14(15-3-2-8-24-11-15)9-18(19)21(20)28(22(27)29)17-6-5-16(10-23)25-12-17/h2-9,11-13H,1H3. The molecule has 5 aromatic rings. The van der Waals surface area contributed by atoms with Gasteiger partial charge in [-0.05, 0) is 35.9 Å². The molecule has 7 nitrogen and oxygen atoms in total. The molecule has 0 spiro atoms. The van der Waals surface area contributed by atoms with Crippen LogP contribution in [0.4, 0.5) is 0 Å². The third-order valence-corrected chi connectivity index (χ3v) is 5.00. The highest BCUT2D eigenvalue weighted by Crippen LogP contribution is 2.29. The summed E-state index contributed by atoms with van der Waals surface area (Å²) in [5.41, 5.74) is 4.91. The Morgan fingerprint density at radius 2 is 1.90 bits per heavy atom. The number of imidazole rings is 1. The van der Waals surface area contributed by atoms with Crippen LogP contribution in [0.5, 0.6) is 0 Å². The van der Waals surface area contributed by atoms with Crippen LogP contribution in [-0.4, -0.2) is 24.1 Å². The zero-order valence-electron chi connectivity index (χ0n) is 15.4. The van der Waals surface area contributed by atoms with Crippen LogP contribution < -0.4 is 5.69 Å². The van der Waals surface area contributed by atoms with E-state index in [0.29, 0.717) is 11.4 Å². The molecular weight excluding hydrogens is 364 g/mol. The van der Waals surface area contributed by atoms with Crippen LogP contribution in [0.25, 0.3) is 38.8 Å². The van der Waals surface area contributed by atoms with E-state index in [9.17, 15) is 4.79 Å². The number of fused-ring (bicyclic) bond motifs is 3. The Bertz CT molecular complexity index is 1470. The Hall–Kier alpha value is -4.31. The van der Waals surface area contributed by atoms with Gasteiger partial charge in [-0.15, -0.1) is 0 Å². The lowest BCUT2D eigenvalue weighted by molar-refractivity contribution is 0.843. The van der Waals surface area contributed by atoms with E-state index >= 15 is 0 Å². The lowest BCUT2D eigenvalue weighted by atomic mass is 10.0. The van der Waals surface area contributed by atoms with E-state index in [1.165, 1.54) is 6.20 Å². The van der Waals surface area contributed by atoms with E-state index in [4.69, 9.17) is 5.26 Å². The summed E-state index contributed by atoms with van der Waals surface area (Å²) >= 11 is 0. The van der Waals surface area contributed by atoms with Crippen molar-refractivity contribution in [3.05, 3.63) is 83.4 Å². The van der Waals surface area contributed by atoms with Crippen molar-refractivity contribution >= 4 is 21.9 Å². The van der Waals surface area contributed by atoms with Crippen molar-refractivity contribution in [2.24, 2.45) is 7.05 Å². The SMILES string of the molecule is Cn1c(=O)n(-c2ccc(C#N)nc2)c2c3cc(-c4cccnc4)ccc3ncc21. The number of hydrogen-bond acceptors (Lipinski definition) is 5. The van der Waals surface area contributed by atoms with Gasteiger partial charge in [0.2, 0.25) is 0 Å². The Balaban J connectivity index is 1.87. The van der Waals surface area contributed by atoms with E-state index < -0.39 is 0 Å². The molecule has 0 aliphatic rings. The molecule has 0 unspecified atom stereocenters. The Morgan fingerprint density at radius 3 is 2.62 bits per heavy atom. The van der Waals surface area contributed by atoms with Gasteiger partial charge in [-0.25, -0.2) is 9.78 Å². The number of nitriles is 1. The fourth-order valence-electron chi connectivity index (χ4n) is 3.53. The third kappa shape index (κ3) is 2.58. The van der Waals surface area contributed by atoms with Crippen LogP contribution in [0.15, 0.2) is 72.0 Å². The quantitative estimate of drug-likeness (QED) is 0.471. The summed E-state index contributed by atoms with van der Waals surface area (Å²) < 4.78 is 3.18. The van der Waals surface area contributed by atoms with Gasteiger partial charge < -0.3 is 0 Å². The Kier molecular flexibility index (Phi) is 3.71. The van der Waals surface area contributed by atoms with Crippen LogP contribution >= 0.6 is 0 Å². The van der Waals surface area contributed by atoms with Crippen molar-refractivity contribution in [1.82, 2.24) is 24.1 Å². The number of aromatic nitrogens is 5. The molecule has 7 heteroatoms. The topological polar surface area (TPSA) is 89.4 Å². The van der Waals surface area contributed by atoms with Gasteiger partial charge in [0.25, 0.3) is 0 Å². The van der Waals surface area contributed by atoms with Gasteiger partial charge in [0.05, 0.1) is 34.6 Å². The highest BCUT2D eigenvalue weighted by Gasteiger charge is 2.17. The predicted molar refractivity (Wildman–Crippen MR) is 110 cm³/mol. The zero-order chi connectivity index (χ0) is 20.0. The van der Waals surface area contributed by atoms with Crippen molar-refractivity contribution in [2.75, 3.05) is 0 Å². The van der Waals surface area contributed by atoms with Gasteiger partial charge in [-0.1, -0.05) is 12.1 Å². The minimum Gasteiger partial charge on any atom is -0.293 e. The minimum atomic E-state index is -0.201. The maximum absolute atomic E-state index is 13.0. The molecule has 5 rings (SSSR count). The first-order valence-corrected chi connectivity index (χ1v) is 8.94. The van der Waals surface area contributed by atoms with Crippen LogP contribution in [0.1, 0.15) is 5.69 Å². The van der Waals surface area contributed by atoms with Crippen LogP contribution in [0, 0.1) is 11.3 Å². The molecule has 138 valence electrons. The smallest absolute Gasteiger partial charge is 0.293 e. The number of benzene rings is 1. The molecule has 0 saturated carbocycles. The fraction of sp³-hybridized carbons (Fsp3) is 0.0455. The molecule has 0 radical (unpaired) electrons. The number of aryl methyl sites for hydroxylation is 1. The third-order valence-electron chi connectivity index (χ3n) is 5.00. The number of rotatable bonds is 2. The lowest BCUT2D eigenvalue weighted by Gasteiger charge is -2.08. The van der Waals surface area contributed by atoms with Crippen molar-refractivity contribution < 1.29 is 0 Å². The minimum absolute atomic E-state index is 0.201. The fourth-order valence-corrected chi connectivity index (χ4v) is 3.53. The molecule has 4 heterocycles. The van der Waals surface area contributed by atoms with E-state index in [-0.39, 0.29) is 5.69 Å². The molecule has 0 saturated heterocycles. The summed E-state index contributed by atoms with van der Waals surface area (Å²) in [5.74, 6) is 0. The predicted octanol–water partition coefficient (Wildman–Crippen LogP) is 3.21. The van der Waals surface area contributed by atoms with Gasteiger partial charge in [-0.2, -0.15) is 5.26 Å². The van der Waals surface area contributed by atoms with Crippen LogP contribution in [0.3, 0.4) is 0 Å². The van der Waals surface area contributed by atoms with E-state index in [0.717, 1.165) is 33.1 Å². The average Bonchev–Trinajstić information content (AvgIpc) is 3.04. The highest BCUT2D eigenvalue weighted by molar-refractivity contribution is 6.04. The molecular formula is C22H14N6O. The Labute approximate surface area is 165 Å². The summed E-state index contributed by atoms with van der Waals surface area (Å²) in [6, 6.07) is 15.2. The second kappa shape index (κ2) is 6.39. The average molecular weight is 378 g/mol. The number of pyridine rings is 3. The maximum Gasteiger partial charge on any atom is 0.333 e. The van der Waals surface area contributed by atoms with Crippen molar-refractivity contribution in [2.45, 2.75) is 0 Å². The molecule has 1 aromatic carbocycles. The van der Waals surface area contributed by atoms with E-state index in [1.54, 1.807) is 46.9 Å². The van der Waals surface area contributed by atoms with Crippen LogP contribution in [0.2, 0.25) is 0 Å². The Morgan fingerprint density at radius 1 is 1.00 bits per heavy atom. The summed E-state index contributed by atoms with van der Waals surface area (Å²) in [4.78, 5) is 25.9. The van der Waals surface area contributed by atoms with E-state index in [2.05, 4.69) is 15.0 Å². The van der Waals surface area contributed by atoms with Gasteiger partial charge in [0, 0.05) is 30.4 Å². The summed E-state index contributed by atoms with van der Waals surface area (Å²) in [5, 5.41) is 9.86. The van der Waals surface area contributed by atoms with E-state index in [1.807, 2.05) is 36.4 Å². The van der Waals surface area contributed by atoms with Gasteiger partial charge in [0.1, 0.15) is 11.8 Å².